The molecule has 5 nitrogen and oxygen atoms in total. The van der Waals surface area contributed by atoms with Gasteiger partial charge in [0.2, 0.25) is 5.91 Å². The Morgan fingerprint density at radius 1 is 1.29 bits per heavy atom. The van der Waals surface area contributed by atoms with Crippen molar-refractivity contribution in [2.45, 2.75) is 38.0 Å². The van der Waals surface area contributed by atoms with Gasteiger partial charge in [-0.25, -0.2) is 8.42 Å². The summed E-state index contributed by atoms with van der Waals surface area (Å²) in [5.41, 5.74) is 5.82. The molecule has 0 saturated carbocycles. The molecule has 1 rings (SSSR count). The van der Waals surface area contributed by atoms with Crippen LogP contribution >= 0.6 is 0 Å². The van der Waals surface area contributed by atoms with Crippen LogP contribution < -0.4 is 5.73 Å². The van der Waals surface area contributed by atoms with Gasteiger partial charge in [0.15, 0.2) is 9.84 Å². The van der Waals surface area contributed by atoms with Crippen molar-refractivity contribution in [3.8, 4) is 0 Å². The molecule has 1 amide bonds. The smallest absolute Gasteiger partial charge is 0.240 e. The van der Waals surface area contributed by atoms with Crippen LogP contribution in [0.5, 0.6) is 0 Å². The Kier molecular flexibility index (Phi) is 4.55. The molecule has 2 atom stereocenters. The number of hydrogen-bond acceptors (Lipinski definition) is 4. The van der Waals surface area contributed by atoms with Gasteiger partial charge in [-0.15, -0.1) is 0 Å². The van der Waals surface area contributed by atoms with E-state index in [2.05, 4.69) is 0 Å². The minimum absolute atomic E-state index is 0.139. The van der Waals surface area contributed by atoms with Gasteiger partial charge < -0.3 is 10.6 Å². The van der Waals surface area contributed by atoms with Crippen LogP contribution in [0.3, 0.4) is 0 Å². The highest BCUT2D eigenvalue weighted by molar-refractivity contribution is 7.92. The van der Waals surface area contributed by atoms with Crippen LogP contribution in [0.25, 0.3) is 0 Å². The van der Waals surface area contributed by atoms with Gasteiger partial charge in [-0.3, -0.25) is 4.79 Å². The highest BCUT2D eigenvalue weighted by Crippen LogP contribution is 2.20. The number of amides is 1. The van der Waals surface area contributed by atoms with Gasteiger partial charge >= 0.3 is 0 Å². The second kappa shape index (κ2) is 5.35. The summed E-state index contributed by atoms with van der Waals surface area (Å²) in [5, 5.41) is -0.936. The van der Waals surface area contributed by atoms with Crippen LogP contribution in [0.4, 0.5) is 0 Å². The van der Waals surface area contributed by atoms with Crippen molar-refractivity contribution in [1.29, 1.82) is 0 Å². The third-order valence-electron chi connectivity index (χ3n) is 3.58. The zero-order valence-electron chi connectivity index (χ0n) is 10.7. The topological polar surface area (TPSA) is 80.5 Å². The number of piperidine rings is 1. The average Bonchev–Trinajstić information content (AvgIpc) is 2.26. The standard InChI is InChI=1S/C11H22N2O3S/c1-8(12)10-4-6-13(7-5-10)11(14)9(2)17(3,15)16/h8-10H,4-7,12H2,1-3H3. The molecule has 0 spiro atoms. The second-order valence-corrected chi connectivity index (χ2v) is 7.36. The lowest BCUT2D eigenvalue weighted by atomic mass is 9.91. The van der Waals surface area contributed by atoms with Gasteiger partial charge in [-0.1, -0.05) is 0 Å². The van der Waals surface area contributed by atoms with E-state index in [-0.39, 0.29) is 11.9 Å². The number of carbonyl (C=O) groups is 1. The minimum Gasteiger partial charge on any atom is -0.342 e. The van der Waals surface area contributed by atoms with Crippen molar-refractivity contribution in [2.75, 3.05) is 19.3 Å². The predicted molar refractivity (Wildman–Crippen MR) is 67.3 cm³/mol. The molecule has 0 aromatic rings. The van der Waals surface area contributed by atoms with Gasteiger partial charge in [0.05, 0.1) is 0 Å². The van der Waals surface area contributed by atoms with Crippen molar-refractivity contribution >= 4 is 15.7 Å². The molecule has 17 heavy (non-hydrogen) atoms. The largest absolute Gasteiger partial charge is 0.342 e. The van der Waals surface area contributed by atoms with Crippen molar-refractivity contribution in [3.05, 3.63) is 0 Å². The number of carbonyl (C=O) groups excluding carboxylic acids is 1. The van der Waals surface area contributed by atoms with E-state index >= 15 is 0 Å². The van der Waals surface area contributed by atoms with Crippen LogP contribution in [0, 0.1) is 5.92 Å². The fourth-order valence-corrected chi connectivity index (χ4v) is 2.60. The third kappa shape index (κ3) is 3.67. The monoisotopic (exact) mass is 262 g/mol. The van der Waals surface area contributed by atoms with Crippen molar-refractivity contribution < 1.29 is 13.2 Å². The number of nitrogens with zero attached hydrogens (tertiary/aromatic N) is 1. The first-order valence-corrected chi connectivity index (χ1v) is 7.92. The summed E-state index contributed by atoms with van der Waals surface area (Å²) in [6, 6.07) is 0.139. The maximum absolute atomic E-state index is 11.9. The SMILES string of the molecule is CC(N)C1CCN(C(=O)C(C)S(C)(=O)=O)CC1. The molecular formula is C11H22N2O3S. The van der Waals surface area contributed by atoms with E-state index < -0.39 is 15.1 Å². The Balaban J connectivity index is 2.58. The molecule has 1 aliphatic heterocycles. The zero-order valence-corrected chi connectivity index (χ0v) is 11.5. The first-order chi connectivity index (χ1) is 7.73. The van der Waals surface area contributed by atoms with Crippen LogP contribution in [0.1, 0.15) is 26.7 Å². The number of hydrogen-bond donors (Lipinski definition) is 1. The molecule has 1 fully saturated rings. The van der Waals surface area contributed by atoms with E-state index in [4.69, 9.17) is 5.73 Å². The van der Waals surface area contributed by atoms with E-state index in [0.717, 1.165) is 19.1 Å². The Morgan fingerprint density at radius 3 is 2.12 bits per heavy atom. The molecule has 100 valence electrons. The van der Waals surface area contributed by atoms with Gasteiger partial charge in [-0.05, 0) is 32.6 Å². The molecule has 6 heteroatoms. The summed E-state index contributed by atoms with van der Waals surface area (Å²) in [5.74, 6) is 0.156. The molecule has 2 unspecified atom stereocenters. The summed E-state index contributed by atoms with van der Waals surface area (Å²) in [6.07, 6.45) is 2.82. The zero-order chi connectivity index (χ0) is 13.2. The highest BCUT2D eigenvalue weighted by atomic mass is 32.2. The van der Waals surface area contributed by atoms with E-state index in [0.29, 0.717) is 19.0 Å². The predicted octanol–water partition coefficient (Wildman–Crippen LogP) is 0.00530. The van der Waals surface area contributed by atoms with E-state index in [9.17, 15) is 13.2 Å². The maximum atomic E-state index is 11.9. The Hall–Kier alpha value is -0.620. The van der Waals surface area contributed by atoms with Crippen LogP contribution in [0.2, 0.25) is 0 Å². The van der Waals surface area contributed by atoms with Crippen molar-refractivity contribution in [1.82, 2.24) is 4.90 Å². The highest BCUT2D eigenvalue weighted by Gasteiger charge is 2.31. The fourth-order valence-electron chi connectivity index (χ4n) is 2.09. The first kappa shape index (κ1) is 14.4. The Morgan fingerprint density at radius 2 is 1.76 bits per heavy atom. The summed E-state index contributed by atoms with van der Waals surface area (Å²) in [6.45, 7) is 4.66. The molecule has 1 aliphatic rings. The van der Waals surface area contributed by atoms with Crippen molar-refractivity contribution in [2.24, 2.45) is 11.7 Å². The lowest BCUT2D eigenvalue weighted by molar-refractivity contribution is -0.131. The molecule has 0 radical (unpaired) electrons. The Bertz CT molecular complexity index is 370. The molecule has 2 N–H and O–H groups in total. The summed E-state index contributed by atoms with van der Waals surface area (Å²) in [7, 11) is -3.30. The maximum Gasteiger partial charge on any atom is 0.240 e. The van der Waals surface area contributed by atoms with Crippen LogP contribution in [-0.2, 0) is 14.6 Å². The Labute approximate surface area is 103 Å². The molecule has 1 heterocycles. The molecule has 0 aromatic carbocycles. The van der Waals surface area contributed by atoms with Crippen LogP contribution in [-0.4, -0.2) is 49.9 Å². The lowest BCUT2D eigenvalue weighted by Gasteiger charge is -2.34. The third-order valence-corrected chi connectivity index (χ3v) is 5.07. The van der Waals surface area contributed by atoms with E-state index in [1.54, 1.807) is 4.90 Å². The molecule has 0 aromatic heterocycles. The number of likely N-dealkylation sites (tertiary alicyclic amines) is 1. The van der Waals surface area contributed by atoms with Gasteiger partial charge in [0, 0.05) is 25.4 Å². The first-order valence-electron chi connectivity index (χ1n) is 5.96. The van der Waals surface area contributed by atoms with E-state index in [1.165, 1.54) is 6.92 Å². The van der Waals surface area contributed by atoms with Gasteiger partial charge in [0.25, 0.3) is 0 Å². The summed E-state index contributed by atoms with van der Waals surface area (Å²) >= 11 is 0. The fraction of sp³-hybridized carbons (Fsp3) is 0.909. The molecule has 0 aliphatic carbocycles. The quantitative estimate of drug-likeness (QED) is 0.776. The van der Waals surface area contributed by atoms with Gasteiger partial charge in [0.1, 0.15) is 5.25 Å². The number of nitrogens with two attached hydrogens (primary N) is 1. The van der Waals surface area contributed by atoms with Crippen molar-refractivity contribution in [3.63, 3.8) is 0 Å². The second-order valence-electron chi connectivity index (χ2n) is 4.99. The van der Waals surface area contributed by atoms with E-state index in [1.807, 2.05) is 6.92 Å². The number of sulfone groups is 1. The number of rotatable bonds is 3. The normalized spacial score (nSPS) is 22.2. The summed E-state index contributed by atoms with van der Waals surface area (Å²) in [4.78, 5) is 13.6. The summed E-state index contributed by atoms with van der Waals surface area (Å²) < 4.78 is 22.6. The molecule has 1 saturated heterocycles. The lowest BCUT2D eigenvalue weighted by Crippen LogP contribution is -2.47. The molecule has 0 bridgehead atoms. The molecular weight excluding hydrogens is 240 g/mol. The van der Waals surface area contributed by atoms with Gasteiger partial charge in [-0.2, -0.15) is 0 Å². The average molecular weight is 262 g/mol. The van der Waals surface area contributed by atoms with Crippen LogP contribution in [0.15, 0.2) is 0 Å². The minimum atomic E-state index is -3.30.